The van der Waals surface area contributed by atoms with Gasteiger partial charge in [0.1, 0.15) is 5.82 Å². The van der Waals surface area contributed by atoms with Gasteiger partial charge in [-0.05, 0) is 54.8 Å². The molecule has 0 unspecified atom stereocenters. The van der Waals surface area contributed by atoms with Crippen LogP contribution in [0.5, 0.6) is 0 Å². The van der Waals surface area contributed by atoms with E-state index in [0.717, 1.165) is 6.42 Å². The van der Waals surface area contributed by atoms with Crippen LogP contribution >= 0.6 is 0 Å². The van der Waals surface area contributed by atoms with Crippen molar-refractivity contribution >= 4 is 23.3 Å². The normalized spacial score (nSPS) is 15.1. The standard InChI is InChI=1S/C24H26FNO4/c1-23(2,3)21(28)26-19-11-5-16(6-12-19)20(27)15-30-22(29)24(13-4-14-24)17-7-9-18(25)10-8-17/h5-12H,4,13-15H2,1-3H3,(H,26,28). The first kappa shape index (κ1) is 21.7. The molecule has 1 fully saturated rings. The fraction of sp³-hybridized carbons (Fsp3) is 0.375. The lowest BCUT2D eigenvalue weighted by Crippen LogP contribution is -2.44. The summed E-state index contributed by atoms with van der Waals surface area (Å²) in [4.78, 5) is 37.2. The van der Waals surface area contributed by atoms with E-state index in [2.05, 4.69) is 5.32 Å². The van der Waals surface area contributed by atoms with Gasteiger partial charge < -0.3 is 10.1 Å². The minimum Gasteiger partial charge on any atom is -0.457 e. The number of carbonyl (C=O) groups excluding carboxylic acids is 3. The van der Waals surface area contributed by atoms with Crippen molar-refractivity contribution in [2.45, 2.75) is 45.4 Å². The van der Waals surface area contributed by atoms with E-state index < -0.39 is 16.8 Å². The van der Waals surface area contributed by atoms with Gasteiger partial charge in [0.15, 0.2) is 12.4 Å². The number of esters is 1. The summed E-state index contributed by atoms with van der Waals surface area (Å²) in [6.07, 6.45) is 2.11. The van der Waals surface area contributed by atoms with Crippen molar-refractivity contribution in [2.24, 2.45) is 5.41 Å². The lowest BCUT2D eigenvalue weighted by atomic mass is 9.64. The molecule has 1 aliphatic carbocycles. The summed E-state index contributed by atoms with van der Waals surface area (Å²) < 4.78 is 18.5. The fourth-order valence-corrected chi connectivity index (χ4v) is 3.32. The molecule has 2 aromatic carbocycles. The Morgan fingerprint density at radius 2 is 1.60 bits per heavy atom. The molecule has 0 aromatic heterocycles. The van der Waals surface area contributed by atoms with Crippen LogP contribution in [0.25, 0.3) is 0 Å². The van der Waals surface area contributed by atoms with E-state index in [9.17, 15) is 18.8 Å². The molecule has 0 saturated heterocycles. The van der Waals surface area contributed by atoms with Crippen LogP contribution in [0, 0.1) is 11.2 Å². The van der Waals surface area contributed by atoms with E-state index >= 15 is 0 Å². The molecule has 1 N–H and O–H groups in total. The average Bonchev–Trinajstić information content (AvgIpc) is 2.66. The Hall–Kier alpha value is -3.02. The number of hydrogen-bond donors (Lipinski definition) is 1. The van der Waals surface area contributed by atoms with Gasteiger partial charge >= 0.3 is 5.97 Å². The summed E-state index contributed by atoms with van der Waals surface area (Å²) in [7, 11) is 0. The number of Topliss-reactive ketones (excluding diaryl/α,β-unsaturated/α-hetero) is 1. The van der Waals surface area contributed by atoms with Gasteiger partial charge in [0.2, 0.25) is 5.91 Å². The number of rotatable bonds is 6. The maximum absolute atomic E-state index is 13.2. The molecule has 1 saturated carbocycles. The maximum Gasteiger partial charge on any atom is 0.317 e. The number of anilines is 1. The molecule has 0 atom stereocenters. The molecule has 0 radical (unpaired) electrons. The highest BCUT2D eigenvalue weighted by molar-refractivity contribution is 5.99. The van der Waals surface area contributed by atoms with E-state index in [1.165, 1.54) is 12.1 Å². The topological polar surface area (TPSA) is 72.5 Å². The van der Waals surface area contributed by atoms with Crippen molar-refractivity contribution < 1.29 is 23.5 Å². The molecule has 0 aliphatic heterocycles. The predicted molar refractivity (Wildman–Crippen MR) is 112 cm³/mol. The van der Waals surface area contributed by atoms with Crippen molar-refractivity contribution in [1.82, 2.24) is 0 Å². The largest absolute Gasteiger partial charge is 0.457 e. The number of nitrogens with one attached hydrogen (secondary N) is 1. The quantitative estimate of drug-likeness (QED) is 0.554. The molecule has 2 aromatic rings. The van der Waals surface area contributed by atoms with Crippen molar-refractivity contribution in [1.29, 1.82) is 0 Å². The van der Waals surface area contributed by atoms with Crippen LogP contribution in [0.1, 0.15) is 56.0 Å². The third kappa shape index (κ3) is 4.58. The van der Waals surface area contributed by atoms with E-state index in [4.69, 9.17) is 4.74 Å². The Kier molecular flexibility index (Phi) is 6.06. The van der Waals surface area contributed by atoms with Gasteiger partial charge in [-0.1, -0.05) is 39.3 Å². The van der Waals surface area contributed by atoms with Crippen LogP contribution in [0.3, 0.4) is 0 Å². The van der Waals surface area contributed by atoms with Gasteiger partial charge in [-0.3, -0.25) is 14.4 Å². The summed E-state index contributed by atoms with van der Waals surface area (Å²) >= 11 is 0. The first-order chi connectivity index (χ1) is 14.1. The predicted octanol–water partition coefficient (Wildman–Crippen LogP) is 4.66. The highest BCUT2D eigenvalue weighted by atomic mass is 19.1. The third-order valence-corrected chi connectivity index (χ3v) is 5.47. The third-order valence-electron chi connectivity index (χ3n) is 5.47. The summed E-state index contributed by atoms with van der Waals surface area (Å²) in [5.41, 5.74) is 0.375. The van der Waals surface area contributed by atoms with Crippen LogP contribution in [-0.4, -0.2) is 24.3 Å². The smallest absolute Gasteiger partial charge is 0.317 e. The van der Waals surface area contributed by atoms with Crippen molar-refractivity contribution in [2.75, 3.05) is 11.9 Å². The van der Waals surface area contributed by atoms with Crippen LogP contribution in [0.15, 0.2) is 48.5 Å². The Labute approximate surface area is 175 Å². The summed E-state index contributed by atoms with van der Waals surface area (Å²) in [6, 6.07) is 12.3. The van der Waals surface area contributed by atoms with Gasteiger partial charge in [0.05, 0.1) is 5.41 Å². The number of carbonyl (C=O) groups is 3. The summed E-state index contributed by atoms with van der Waals surface area (Å²) in [5, 5.41) is 2.79. The zero-order chi connectivity index (χ0) is 21.9. The van der Waals surface area contributed by atoms with Gasteiger partial charge in [0.25, 0.3) is 0 Å². The van der Waals surface area contributed by atoms with Gasteiger partial charge in [0, 0.05) is 16.7 Å². The number of ketones is 1. The van der Waals surface area contributed by atoms with Gasteiger partial charge in [-0.2, -0.15) is 0 Å². The minimum absolute atomic E-state index is 0.123. The Morgan fingerprint density at radius 1 is 1.00 bits per heavy atom. The Balaban J connectivity index is 1.60. The lowest BCUT2D eigenvalue weighted by molar-refractivity contribution is -0.153. The molecule has 0 spiro atoms. The fourth-order valence-electron chi connectivity index (χ4n) is 3.32. The number of halogens is 1. The number of amides is 1. The van der Waals surface area contributed by atoms with Crippen LogP contribution in [0.4, 0.5) is 10.1 Å². The highest BCUT2D eigenvalue weighted by Crippen LogP contribution is 2.44. The first-order valence-electron chi connectivity index (χ1n) is 10.00. The molecule has 158 valence electrons. The second-order valence-corrected chi connectivity index (χ2v) is 8.72. The van der Waals surface area contributed by atoms with Crippen molar-refractivity contribution in [3.8, 4) is 0 Å². The van der Waals surface area contributed by atoms with Crippen molar-refractivity contribution in [3.63, 3.8) is 0 Å². The van der Waals surface area contributed by atoms with Crippen molar-refractivity contribution in [3.05, 3.63) is 65.5 Å². The highest BCUT2D eigenvalue weighted by Gasteiger charge is 2.47. The van der Waals surface area contributed by atoms with E-state index in [-0.39, 0.29) is 24.1 Å². The lowest BCUT2D eigenvalue weighted by Gasteiger charge is -2.39. The van der Waals surface area contributed by atoms with Crippen LogP contribution in [0.2, 0.25) is 0 Å². The monoisotopic (exact) mass is 411 g/mol. The zero-order valence-electron chi connectivity index (χ0n) is 17.5. The van der Waals surface area contributed by atoms with Crippen LogP contribution < -0.4 is 5.32 Å². The number of hydrogen-bond acceptors (Lipinski definition) is 4. The average molecular weight is 411 g/mol. The Bertz CT molecular complexity index is 939. The number of ether oxygens (including phenoxy) is 1. The van der Waals surface area contributed by atoms with Gasteiger partial charge in [-0.15, -0.1) is 0 Å². The van der Waals surface area contributed by atoms with E-state index in [1.54, 1.807) is 36.4 Å². The molecule has 1 amide bonds. The molecular formula is C24H26FNO4. The van der Waals surface area contributed by atoms with E-state index in [1.807, 2.05) is 20.8 Å². The van der Waals surface area contributed by atoms with Gasteiger partial charge in [-0.25, -0.2) is 4.39 Å². The molecule has 3 rings (SSSR count). The second kappa shape index (κ2) is 8.38. The number of benzene rings is 2. The molecule has 30 heavy (non-hydrogen) atoms. The molecular weight excluding hydrogens is 385 g/mol. The molecule has 6 heteroatoms. The van der Waals surface area contributed by atoms with Crippen LogP contribution in [-0.2, 0) is 19.7 Å². The maximum atomic E-state index is 13.2. The summed E-state index contributed by atoms with van der Waals surface area (Å²) in [5.74, 6) is -1.27. The molecule has 0 heterocycles. The minimum atomic E-state index is -0.797. The summed E-state index contributed by atoms with van der Waals surface area (Å²) in [6.45, 7) is 5.08. The molecule has 1 aliphatic rings. The Morgan fingerprint density at radius 3 is 2.10 bits per heavy atom. The zero-order valence-corrected chi connectivity index (χ0v) is 17.5. The second-order valence-electron chi connectivity index (χ2n) is 8.72. The van der Waals surface area contributed by atoms with E-state index in [0.29, 0.717) is 29.7 Å². The SMILES string of the molecule is CC(C)(C)C(=O)Nc1ccc(C(=O)COC(=O)C2(c3ccc(F)cc3)CCC2)cc1. The molecule has 5 nitrogen and oxygen atoms in total. The first-order valence-corrected chi connectivity index (χ1v) is 10.00. The molecule has 0 bridgehead atoms.